The highest BCUT2D eigenvalue weighted by molar-refractivity contribution is 6.31. The SMILES string of the molecule is CNC(Cc1cc(F)ccc1Cl)CC(C)C(C)(C)C. The van der Waals surface area contributed by atoms with Crippen LogP contribution in [0, 0.1) is 17.2 Å². The quantitative estimate of drug-likeness (QED) is 0.828. The topological polar surface area (TPSA) is 12.0 Å². The lowest BCUT2D eigenvalue weighted by Gasteiger charge is -2.31. The van der Waals surface area contributed by atoms with E-state index in [9.17, 15) is 4.39 Å². The van der Waals surface area contributed by atoms with Crippen molar-refractivity contribution in [2.45, 2.75) is 46.6 Å². The molecule has 0 aliphatic carbocycles. The molecule has 1 aromatic carbocycles. The molecule has 0 aliphatic heterocycles. The zero-order valence-corrected chi connectivity index (χ0v) is 13.3. The van der Waals surface area contributed by atoms with Crippen molar-refractivity contribution in [2.24, 2.45) is 11.3 Å². The van der Waals surface area contributed by atoms with Crippen LogP contribution in [0.2, 0.25) is 5.02 Å². The molecule has 0 aromatic heterocycles. The van der Waals surface area contributed by atoms with E-state index < -0.39 is 0 Å². The minimum Gasteiger partial charge on any atom is -0.317 e. The van der Waals surface area contributed by atoms with Gasteiger partial charge in [-0.3, -0.25) is 0 Å². The molecule has 0 aliphatic rings. The van der Waals surface area contributed by atoms with Gasteiger partial charge in [0, 0.05) is 11.1 Å². The molecule has 1 rings (SSSR count). The van der Waals surface area contributed by atoms with Crippen LogP contribution in [0.5, 0.6) is 0 Å². The summed E-state index contributed by atoms with van der Waals surface area (Å²) in [4.78, 5) is 0. The first-order valence-electron chi connectivity index (χ1n) is 6.85. The van der Waals surface area contributed by atoms with Crippen LogP contribution in [-0.4, -0.2) is 13.1 Å². The van der Waals surface area contributed by atoms with Crippen molar-refractivity contribution in [3.8, 4) is 0 Å². The number of hydrogen-bond acceptors (Lipinski definition) is 1. The first kappa shape index (κ1) is 16.5. The predicted octanol–water partition coefficient (Wildman–Crippen LogP) is 4.68. The smallest absolute Gasteiger partial charge is 0.123 e. The van der Waals surface area contributed by atoms with Gasteiger partial charge < -0.3 is 5.32 Å². The number of rotatable bonds is 5. The van der Waals surface area contributed by atoms with Gasteiger partial charge in [-0.25, -0.2) is 4.39 Å². The average Bonchev–Trinajstić information content (AvgIpc) is 2.31. The third kappa shape index (κ3) is 5.12. The summed E-state index contributed by atoms with van der Waals surface area (Å²) < 4.78 is 13.3. The molecule has 108 valence electrons. The van der Waals surface area contributed by atoms with Gasteiger partial charge >= 0.3 is 0 Å². The molecule has 0 fully saturated rings. The summed E-state index contributed by atoms with van der Waals surface area (Å²) in [5.41, 5.74) is 1.16. The summed E-state index contributed by atoms with van der Waals surface area (Å²) in [6.45, 7) is 9.01. The Bertz CT molecular complexity index is 412. The Morgan fingerprint density at radius 3 is 2.47 bits per heavy atom. The molecule has 0 amide bonds. The second-order valence-corrected chi connectivity index (χ2v) is 6.84. The van der Waals surface area contributed by atoms with Crippen molar-refractivity contribution < 1.29 is 4.39 Å². The van der Waals surface area contributed by atoms with E-state index in [0.29, 0.717) is 17.0 Å². The summed E-state index contributed by atoms with van der Waals surface area (Å²) >= 11 is 6.13. The average molecular weight is 286 g/mol. The molecule has 0 saturated carbocycles. The van der Waals surface area contributed by atoms with Gasteiger partial charge in [-0.2, -0.15) is 0 Å². The van der Waals surface area contributed by atoms with Gasteiger partial charge in [0.05, 0.1) is 0 Å². The van der Waals surface area contributed by atoms with E-state index in [1.165, 1.54) is 12.1 Å². The number of hydrogen-bond donors (Lipinski definition) is 1. The first-order chi connectivity index (χ1) is 8.74. The van der Waals surface area contributed by atoms with Crippen LogP contribution in [0.4, 0.5) is 4.39 Å². The molecule has 19 heavy (non-hydrogen) atoms. The Morgan fingerprint density at radius 1 is 1.32 bits per heavy atom. The molecular weight excluding hydrogens is 261 g/mol. The summed E-state index contributed by atoms with van der Waals surface area (Å²) in [7, 11) is 1.95. The van der Waals surface area contributed by atoms with Crippen molar-refractivity contribution in [1.82, 2.24) is 5.32 Å². The summed E-state index contributed by atoms with van der Waals surface area (Å²) in [5.74, 6) is 0.357. The van der Waals surface area contributed by atoms with Gasteiger partial charge in [-0.05, 0) is 55.0 Å². The summed E-state index contributed by atoms with van der Waals surface area (Å²) in [5, 5.41) is 3.96. The Kier molecular flexibility index (Phi) is 5.82. The van der Waals surface area contributed by atoms with E-state index in [4.69, 9.17) is 11.6 Å². The number of likely N-dealkylation sites (N-methyl/N-ethyl adjacent to an activating group) is 1. The van der Waals surface area contributed by atoms with Crippen LogP contribution in [-0.2, 0) is 6.42 Å². The zero-order valence-electron chi connectivity index (χ0n) is 12.6. The second-order valence-electron chi connectivity index (χ2n) is 6.43. The van der Waals surface area contributed by atoms with E-state index in [0.717, 1.165) is 18.4 Å². The highest BCUT2D eigenvalue weighted by Crippen LogP contribution is 2.30. The van der Waals surface area contributed by atoms with Crippen LogP contribution in [0.3, 0.4) is 0 Å². The molecule has 2 atom stereocenters. The lowest BCUT2D eigenvalue weighted by atomic mass is 9.78. The van der Waals surface area contributed by atoms with E-state index in [-0.39, 0.29) is 11.2 Å². The van der Waals surface area contributed by atoms with Crippen LogP contribution >= 0.6 is 11.6 Å². The monoisotopic (exact) mass is 285 g/mol. The molecule has 0 radical (unpaired) electrons. The standard InChI is InChI=1S/C16H25ClFN/c1-11(16(2,3)4)8-14(19-5)10-12-9-13(18)6-7-15(12)17/h6-7,9,11,14,19H,8,10H2,1-5H3. The third-order valence-electron chi connectivity index (χ3n) is 4.00. The number of nitrogens with one attached hydrogen (secondary N) is 1. The zero-order chi connectivity index (χ0) is 14.6. The fraction of sp³-hybridized carbons (Fsp3) is 0.625. The largest absolute Gasteiger partial charge is 0.317 e. The maximum Gasteiger partial charge on any atom is 0.123 e. The van der Waals surface area contributed by atoms with Crippen LogP contribution < -0.4 is 5.32 Å². The van der Waals surface area contributed by atoms with Crippen molar-refractivity contribution >= 4 is 11.6 Å². The molecule has 0 spiro atoms. The Hall–Kier alpha value is -0.600. The van der Waals surface area contributed by atoms with Gasteiger partial charge in [0.2, 0.25) is 0 Å². The highest BCUT2D eigenvalue weighted by Gasteiger charge is 2.23. The molecule has 3 heteroatoms. The molecule has 2 unspecified atom stereocenters. The van der Waals surface area contributed by atoms with Crippen LogP contribution in [0.15, 0.2) is 18.2 Å². The van der Waals surface area contributed by atoms with Gasteiger partial charge in [-0.1, -0.05) is 39.3 Å². The van der Waals surface area contributed by atoms with Gasteiger partial charge in [-0.15, -0.1) is 0 Å². The van der Waals surface area contributed by atoms with E-state index >= 15 is 0 Å². The van der Waals surface area contributed by atoms with Gasteiger partial charge in [0.15, 0.2) is 0 Å². The van der Waals surface area contributed by atoms with Crippen molar-refractivity contribution in [3.05, 3.63) is 34.6 Å². The molecule has 1 nitrogen and oxygen atoms in total. The number of halogens is 2. The lowest BCUT2D eigenvalue weighted by Crippen LogP contribution is -2.33. The second kappa shape index (κ2) is 6.71. The lowest BCUT2D eigenvalue weighted by molar-refractivity contribution is 0.225. The van der Waals surface area contributed by atoms with Gasteiger partial charge in [0.1, 0.15) is 5.82 Å². The Morgan fingerprint density at radius 2 is 1.95 bits per heavy atom. The molecule has 0 saturated heterocycles. The maximum atomic E-state index is 13.3. The first-order valence-corrected chi connectivity index (χ1v) is 7.23. The molecule has 0 bridgehead atoms. The third-order valence-corrected chi connectivity index (χ3v) is 4.37. The molecule has 0 heterocycles. The fourth-order valence-electron chi connectivity index (χ4n) is 2.05. The van der Waals surface area contributed by atoms with E-state index in [1.54, 1.807) is 6.07 Å². The molecule has 1 aromatic rings. The summed E-state index contributed by atoms with van der Waals surface area (Å²) in [6, 6.07) is 4.88. The Labute approximate surface area is 121 Å². The highest BCUT2D eigenvalue weighted by atomic mass is 35.5. The minimum atomic E-state index is -0.224. The minimum absolute atomic E-state index is 0.224. The van der Waals surface area contributed by atoms with Crippen molar-refractivity contribution in [2.75, 3.05) is 7.05 Å². The normalized spacial score (nSPS) is 15.3. The summed E-state index contributed by atoms with van der Waals surface area (Å²) in [6.07, 6.45) is 1.81. The maximum absolute atomic E-state index is 13.3. The van der Waals surface area contributed by atoms with Gasteiger partial charge in [0.25, 0.3) is 0 Å². The van der Waals surface area contributed by atoms with Crippen molar-refractivity contribution in [1.29, 1.82) is 0 Å². The van der Waals surface area contributed by atoms with Crippen molar-refractivity contribution in [3.63, 3.8) is 0 Å². The van der Waals surface area contributed by atoms with Crippen LogP contribution in [0.25, 0.3) is 0 Å². The fourth-order valence-corrected chi connectivity index (χ4v) is 2.24. The van der Waals surface area contributed by atoms with E-state index in [2.05, 4.69) is 33.0 Å². The van der Waals surface area contributed by atoms with E-state index in [1.807, 2.05) is 7.05 Å². The Balaban J connectivity index is 2.74. The molecular formula is C16H25ClFN. The molecule has 1 N–H and O–H groups in total. The van der Waals surface area contributed by atoms with Crippen LogP contribution in [0.1, 0.15) is 39.7 Å². The number of benzene rings is 1. The predicted molar refractivity (Wildman–Crippen MR) is 81.2 cm³/mol.